The third-order valence-corrected chi connectivity index (χ3v) is 5.17. The zero-order valence-corrected chi connectivity index (χ0v) is 11.2. The third kappa shape index (κ3) is 1.07. The Balaban J connectivity index is 2.22. The predicted octanol–water partition coefficient (Wildman–Crippen LogP) is 3.85. The van der Waals surface area contributed by atoms with Crippen LogP contribution >= 0.6 is 0 Å². The molecule has 5 rings (SSSR count). The molecule has 3 aromatic rings. The monoisotopic (exact) mass is 244 g/mol. The molecule has 0 N–H and O–H groups in total. The number of hydrogen-bond donors (Lipinski definition) is 0. The molecule has 2 aliphatic rings. The van der Waals surface area contributed by atoms with Gasteiger partial charge in [0.15, 0.2) is 0 Å². The zero-order valence-electron chi connectivity index (χ0n) is 11.2. The summed E-state index contributed by atoms with van der Waals surface area (Å²) in [6, 6.07) is 9.32. The molecule has 0 heterocycles. The fraction of sp³-hybridized carbons (Fsp3) is 0.263. The van der Waals surface area contributed by atoms with Crippen LogP contribution in [0.4, 0.5) is 0 Å². The van der Waals surface area contributed by atoms with Gasteiger partial charge in [0.1, 0.15) is 0 Å². The van der Waals surface area contributed by atoms with Crippen LogP contribution in [0.3, 0.4) is 0 Å². The quantitative estimate of drug-likeness (QED) is 0.563. The maximum Gasteiger partial charge on any atom is -0.00245 e. The molecule has 0 aromatic heterocycles. The van der Waals surface area contributed by atoms with Crippen molar-refractivity contribution in [3.05, 3.63) is 51.7 Å². The molecule has 0 unspecified atom stereocenters. The summed E-state index contributed by atoms with van der Waals surface area (Å²) >= 11 is 0. The first-order chi connectivity index (χ1) is 9.34. The zero-order chi connectivity index (χ0) is 12.6. The molecule has 2 aliphatic carbocycles. The molecule has 0 fully saturated rings. The van der Waals surface area contributed by atoms with E-state index in [4.69, 9.17) is 0 Å². The number of rotatable bonds is 0. The summed E-state index contributed by atoms with van der Waals surface area (Å²) in [7, 11) is 0. The molecule has 0 saturated carbocycles. The van der Waals surface area contributed by atoms with E-state index in [0.29, 0.717) is 0 Å². The van der Waals surface area contributed by atoms with Gasteiger partial charge in [-0.15, -0.1) is 0 Å². The topological polar surface area (TPSA) is 0 Å². The van der Waals surface area contributed by atoms with Gasteiger partial charge in [0.2, 0.25) is 0 Å². The smallest absolute Gasteiger partial charge is 0.00245 e. The van der Waals surface area contributed by atoms with E-state index in [2.05, 4.69) is 37.3 Å². The molecular weight excluding hydrogens is 228 g/mol. The predicted molar refractivity (Wildman–Crippen MR) is 81.6 cm³/mol. The van der Waals surface area contributed by atoms with Crippen LogP contribution in [0.5, 0.6) is 0 Å². The summed E-state index contributed by atoms with van der Waals surface area (Å²) in [5.41, 5.74) is 6.40. The highest BCUT2D eigenvalue weighted by molar-refractivity contribution is 6.15. The average molecular weight is 244 g/mol. The van der Waals surface area contributed by atoms with E-state index in [1.807, 2.05) is 0 Å². The Hall–Kier alpha value is -1.82. The first-order valence-electron chi connectivity index (χ1n) is 7.33. The van der Waals surface area contributed by atoms with Gasteiger partial charge in [0, 0.05) is 0 Å². The van der Waals surface area contributed by atoms with Crippen LogP contribution in [0.1, 0.15) is 28.7 Å². The molecule has 19 heavy (non-hydrogen) atoms. The largest absolute Gasteiger partial charge is 0.0763 e. The summed E-state index contributed by atoms with van der Waals surface area (Å²) in [6.07, 6.45) is 7.47. The van der Waals surface area contributed by atoms with Gasteiger partial charge < -0.3 is 0 Å². The Kier molecular flexibility index (Phi) is 1.68. The molecule has 0 bridgehead atoms. The van der Waals surface area contributed by atoms with Gasteiger partial charge in [-0.25, -0.2) is 0 Å². The Bertz CT molecular complexity index is 913. The molecule has 0 radical (unpaired) electrons. The van der Waals surface area contributed by atoms with Crippen molar-refractivity contribution in [3.8, 4) is 0 Å². The normalized spacial score (nSPS) is 16.3. The fourth-order valence-electron chi connectivity index (χ4n) is 4.16. The van der Waals surface area contributed by atoms with Gasteiger partial charge in [-0.2, -0.15) is 0 Å². The number of hydrogen-bond acceptors (Lipinski definition) is 0. The Labute approximate surface area is 112 Å². The molecule has 92 valence electrons. The van der Waals surface area contributed by atoms with E-state index in [1.165, 1.54) is 47.2 Å². The second kappa shape index (κ2) is 3.19. The van der Waals surface area contributed by atoms with Crippen molar-refractivity contribution >= 4 is 27.6 Å². The second-order valence-corrected chi connectivity index (χ2v) is 6.06. The summed E-state index contributed by atoms with van der Waals surface area (Å²) in [6.45, 7) is 2.24. The lowest BCUT2D eigenvalue weighted by Crippen LogP contribution is -2.19. The number of fused-ring (bicyclic) bond motifs is 3. The van der Waals surface area contributed by atoms with E-state index in [1.54, 1.807) is 27.5 Å². The van der Waals surface area contributed by atoms with Crippen LogP contribution in [0.15, 0.2) is 24.3 Å². The minimum Gasteiger partial charge on any atom is -0.0763 e. The SMILES string of the molecule is Cc1ccc2c3c(c4c5c(ccc1c25)=CCC4)CC3. The Morgan fingerprint density at radius 2 is 1.58 bits per heavy atom. The Morgan fingerprint density at radius 1 is 0.737 bits per heavy atom. The second-order valence-electron chi connectivity index (χ2n) is 6.06. The van der Waals surface area contributed by atoms with Crippen LogP contribution < -0.4 is 5.22 Å². The van der Waals surface area contributed by atoms with Crippen LogP contribution in [-0.2, 0) is 19.3 Å². The van der Waals surface area contributed by atoms with Crippen molar-refractivity contribution < 1.29 is 0 Å². The van der Waals surface area contributed by atoms with Crippen molar-refractivity contribution in [2.45, 2.75) is 32.6 Å². The fourth-order valence-corrected chi connectivity index (χ4v) is 4.16. The first-order valence-corrected chi connectivity index (χ1v) is 7.33. The lowest BCUT2D eigenvalue weighted by molar-refractivity contribution is 0.822. The van der Waals surface area contributed by atoms with Crippen molar-refractivity contribution in [3.63, 3.8) is 0 Å². The van der Waals surface area contributed by atoms with E-state index in [0.717, 1.165) is 0 Å². The molecule has 0 atom stereocenters. The van der Waals surface area contributed by atoms with Crippen LogP contribution in [0, 0.1) is 6.92 Å². The maximum absolute atomic E-state index is 2.43. The number of benzene rings is 3. The van der Waals surface area contributed by atoms with Gasteiger partial charge in [0.05, 0.1) is 0 Å². The van der Waals surface area contributed by atoms with Crippen molar-refractivity contribution in [1.29, 1.82) is 0 Å². The van der Waals surface area contributed by atoms with Gasteiger partial charge in [-0.1, -0.05) is 30.3 Å². The molecule has 0 saturated heterocycles. The van der Waals surface area contributed by atoms with Crippen molar-refractivity contribution in [1.82, 2.24) is 0 Å². The highest BCUT2D eigenvalue weighted by atomic mass is 14.3. The molecule has 0 nitrogen and oxygen atoms in total. The summed E-state index contributed by atoms with van der Waals surface area (Å²) in [5.74, 6) is 0. The van der Waals surface area contributed by atoms with Crippen LogP contribution in [0.2, 0.25) is 0 Å². The lowest BCUT2D eigenvalue weighted by Gasteiger charge is -2.29. The standard InChI is InChI=1S/C19H16/c1-11-5-7-17-15-10-9-14(15)16-4-2-3-12-6-8-13(11)19(17)18(12)16/h3,5-8H,2,4,9-10H2,1H3. The summed E-state index contributed by atoms with van der Waals surface area (Å²) in [4.78, 5) is 0. The van der Waals surface area contributed by atoms with Gasteiger partial charge in [-0.05, 0) is 81.6 Å². The van der Waals surface area contributed by atoms with Crippen LogP contribution in [0.25, 0.3) is 27.6 Å². The highest BCUT2D eigenvalue weighted by Gasteiger charge is 2.25. The third-order valence-electron chi connectivity index (χ3n) is 5.17. The molecule has 3 aromatic carbocycles. The molecular formula is C19H16. The minimum atomic E-state index is 1.21. The molecule has 0 aliphatic heterocycles. The average Bonchev–Trinajstić information content (AvgIpc) is 2.39. The number of aryl methyl sites for hydroxylation is 3. The molecule has 0 heteroatoms. The lowest BCUT2D eigenvalue weighted by atomic mass is 9.75. The van der Waals surface area contributed by atoms with E-state index in [-0.39, 0.29) is 0 Å². The van der Waals surface area contributed by atoms with Gasteiger partial charge in [-0.3, -0.25) is 0 Å². The summed E-state index contributed by atoms with van der Waals surface area (Å²) in [5, 5.41) is 7.57. The van der Waals surface area contributed by atoms with Crippen LogP contribution in [-0.4, -0.2) is 0 Å². The molecule has 0 amide bonds. The van der Waals surface area contributed by atoms with Crippen molar-refractivity contribution in [2.75, 3.05) is 0 Å². The molecule has 0 spiro atoms. The van der Waals surface area contributed by atoms with E-state index in [9.17, 15) is 0 Å². The summed E-state index contributed by atoms with van der Waals surface area (Å²) < 4.78 is 0. The highest BCUT2D eigenvalue weighted by Crippen LogP contribution is 2.41. The van der Waals surface area contributed by atoms with E-state index >= 15 is 0 Å². The van der Waals surface area contributed by atoms with Gasteiger partial charge in [0.25, 0.3) is 0 Å². The maximum atomic E-state index is 2.43. The van der Waals surface area contributed by atoms with Crippen molar-refractivity contribution in [2.24, 2.45) is 0 Å². The minimum absolute atomic E-state index is 1.21. The Morgan fingerprint density at radius 3 is 2.42 bits per heavy atom. The van der Waals surface area contributed by atoms with Gasteiger partial charge >= 0.3 is 0 Å². The first kappa shape index (κ1) is 10.0. The van der Waals surface area contributed by atoms with E-state index < -0.39 is 0 Å².